The monoisotopic (exact) mass is 346 g/mol. The molecule has 1 fully saturated rings. The van der Waals surface area contributed by atoms with Crippen LogP contribution in [0.1, 0.15) is 18.4 Å². The molecule has 1 atom stereocenters. The van der Waals surface area contributed by atoms with Gasteiger partial charge in [-0.05, 0) is 37.0 Å². The highest BCUT2D eigenvalue weighted by Crippen LogP contribution is 2.23. The summed E-state index contributed by atoms with van der Waals surface area (Å²) in [6.45, 7) is 0.0899. The number of benzene rings is 1. The van der Waals surface area contributed by atoms with Gasteiger partial charge in [0.25, 0.3) is 0 Å². The number of alkyl halides is 3. The first kappa shape index (κ1) is 18.2. The van der Waals surface area contributed by atoms with Crippen LogP contribution in [0.3, 0.4) is 0 Å². The van der Waals surface area contributed by atoms with Crippen LogP contribution in [0.2, 0.25) is 0 Å². The first-order valence-corrected chi connectivity index (χ1v) is 7.65. The van der Waals surface area contributed by atoms with Crippen LogP contribution in [0.4, 0.5) is 17.6 Å². The molecule has 0 aromatic heterocycles. The molecule has 0 saturated carbocycles. The standard InChI is InChI=1S/C16H18F4N2O2/c17-13-5-3-11(4-6-13)7-8-21-14(23)12-2-1-9-22(10-12)15(24)16(18,19)20/h3-6,12H,1-2,7-10H2,(H,21,23). The van der Waals surface area contributed by atoms with E-state index in [0.29, 0.717) is 30.7 Å². The first-order valence-electron chi connectivity index (χ1n) is 7.65. The van der Waals surface area contributed by atoms with Gasteiger partial charge in [-0.25, -0.2) is 4.39 Å². The minimum atomic E-state index is -4.92. The molecule has 24 heavy (non-hydrogen) atoms. The van der Waals surface area contributed by atoms with Crippen molar-refractivity contribution in [1.29, 1.82) is 0 Å². The van der Waals surface area contributed by atoms with Crippen LogP contribution in [0.15, 0.2) is 24.3 Å². The maximum Gasteiger partial charge on any atom is 0.471 e. The van der Waals surface area contributed by atoms with Crippen LogP contribution in [0.5, 0.6) is 0 Å². The highest BCUT2D eigenvalue weighted by molar-refractivity contribution is 5.84. The minimum absolute atomic E-state index is 0.0116. The van der Waals surface area contributed by atoms with E-state index in [1.54, 1.807) is 12.1 Å². The van der Waals surface area contributed by atoms with Crippen molar-refractivity contribution in [1.82, 2.24) is 10.2 Å². The third-order valence-corrected chi connectivity index (χ3v) is 3.95. The second kappa shape index (κ2) is 7.63. The average Bonchev–Trinajstić information content (AvgIpc) is 2.55. The Morgan fingerprint density at radius 3 is 2.50 bits per heavy atom. The molecule has 1 saturated heterocycles. The van der Waals surface area contributed by atoms with E-state index in [9.17, 15) is 27.2 Å². The summed E-state index contributed by atoms with van der Waals surface area (Å²) in [5.74, 6) is -3.25. The molecule has 0 bridgehead atoms. The molecule has 1 aliphatic heterocycles. The molecule has 4 nitrogen and oxygen atoms in total. The van der Waals surface area contributed by atoms with Gasteiger partial charge >= 0.3 is 12.1 Å². The zero-order chi connectivity index (χ0) is 17.7. The topological polar surface area (TPSA) is 49.4 Å². The van der Waals surface area contributed by atoms with Crippen LogP contribution in [-0.2, 0) is 16.0 Å². The summed E-state index contributed by atoms with van der Waals surface area (Å²) >= 11 is 0. The van der Waals surface area contributed by atoms with Gasteiger partial charge in [-0.2, -0.15) is 13.2 Å². The third-order valence-electron chi connectivity index (χ3n) is 3.95. The average molecular weight is 346 g/mol. The second-order valence-electron chi connectivity index (χ2n) is 5.76. The number of amides is 2. The summed E-state index contributed by atoms with van der Waals surface area (Å²) in [5.41, 5.74) is 0.842. The maximum absolute atomic E-state index is 12.8. The highest BCUT2D eigenvalue weighted by atomic mass is 19.4. The van der Waals surface area contributed by atoms with Gasteiger partial charge in [-0.15, -0.1) is 0 Å². The summed E-state index contributed by atoms with van der Waals surface area (Å²) < 4.78 is 50.2. The van der Waals surface area contributed by atoms with Gasteiger partial charge in [-0.3, -0.25) is 9.59 Å². The molecule has 1 N–H and O–H groups in total. The van der Waals surface area contributed by atoms with E-state index in [4.69, 9.17) is 0 Å². The van der Waals surface area contributed by atoms with E-state index in [1.807, 2.05) is 0 Å². The van der Waals surface area contributed by atoms with Crippen molar-refractivity contribution in [2.24, 2.45) is 5.92 Å². The van der Waals surface area contributed by atoms with Crippen molar-refractivity contribution >= 4 is 11.8 Å². The number of nitrogens with zero attached hydrogens (tertiary/aromatic N) is 1. The molecule has 2 amide bonds. The fourth-order valence-electron chi connectivity index (χ4n) is 2.68. The van der Waals surface area contributed by atoms with E-state index in [2.05, 4.69) is 5.32 Å². The zero-order valence-electron chi connectivity index (χ0n) is 12.9. The lowest BCUT2D eigenvalue weighted by atomic mass is 9.97. The Morgan fingerprint density at radius 1 is 1.21 bits per heavy atom. The van der Waals surface area contributed by atoms with Crippen LogP contribution in [-0.4, -0.2) is 42.5 Å². The van der Waals surface area contributed by atoms with Gasteiger partial charge in [0.2, 0.25) is 5.91 Å². The number of hydrogen-bond donors (Lipinski definition) is 1. The lowest BCUT2D eigenvalue weighted by molar-refractivity contribution is -0.187. The van der Waals surface area contributed by atoms with E-state index in [0.717, 1.165) is 5.56 Å². The lowest BCUT2D eigenvalue weighted by Crippen LogP contribution is -2.49. The Kier molecular flexibility index (Phi) is 5.80. The molecule has 1 unspecified atom stereocenters. The predicted molar refractivity (Wildman–Crippen MR) is 78.5 cm³/mol. The largest absolute Gasteiger partial charge is 0.471 e. The first-order chi connectivity index (χ1) is 11.3. The summed E-state index contributed by atoms with van der Waals surface area (Å²) in [6, 6.07) is 5.84. The number of carbonyl (C=O) groups excluding carboxylic acids is 2. The van der Waals surface area contributed by atoms with Gasteiger partial charge in [0.05, 0.1) is 5.92 Å². The van der Waals surface area contributed by atoms with Gasteiger partial charge in [0, 0.05) is 19.6 Å². The number of likely N-dealkylation sites (tertiary alicyclic amines) is 1. The molecule has 2 rings (SSSR count). The summed E-state index contributed by atoms with van der Waals surface area (Å²) in [7, 11) is 0. The molecule has 1 aromatic rings. The van der Waals surface area contributed by atoms with E-state index in [-0.39, 0.29) is 24.8 Å². The molecule has 132 valence electrons. The number of hydrogen-bond acceptors (Lipinski definition) is 2. The summed E-state index contributed by atoms with van der Waals surface area (Å²) in [4.78, 5) is 24.0. The smallest absolute Gasteiger partial charge is 0.355 e. The van der Waals surface area contributed by atoms with Crippen LogP contribution in [0.25, 0.3) is 0 Å². The van der Waals surface area contributed by atoms with Crippen LogP contribution < -0.4 is 5.32 Å². The Balaban J connectivity index is 1.81. The molecule has 0 spiro atoms. The number of rotatable bonds is 4. The van der Waals surface area contributed by atoms with Crippen molar-refractivity contribution in [3.8, 4) is 0 Å². The van der Waals surface area contributed by atoms with Crippen molar-refractivity contribution < 1.29 is 27.2 Å². The van der Waals surface area contributed by atoms with E-state index >= 15 is 0 Å². The maximum atomic E-state index is 12.8. The Bertz CT molecular complexity index is 587. The Morgan fingerprint density at radius 2 is 1.88 bits per heavy atom. The minimum Gasteiger partial charge on any atom is -0.355 e. The van der Waals surface area contributed by atoms with Gasteiger partial charge < -0.3 is 10.2 Å². The van der Waals surface area contributed by atoms with Crippen molar-refractivity contribution in [2.45, 2.75) is 25.4 Å². The quantitative estimate of drug-likeness (QED) is 0.851. The van der Waals surface area contributed by atoms with Gasteiger partial charge in [-0.1, -0.05) is 12.1 Å². The van der Waals surface area contributed by atoms with Gasteiger partial charge in [0.15, 0.2) is 0 Å². The molecule has 1 aromatic carbocycles. The van der Waals surface area contributed by atoms with E-state index in [1.165, 1.54) is 12.1 Å². The van der Waals surface area contributed by atoms with E-state index < -0.39 is 18.0 Å². The molecular weight excluding hydrogens is 328 g/mol. The number of nitrogens with one attached hydrogen (secondary N) is 1. The Hall–Kier alpha value is -2.12. The number of carbonyl (C=O) groups is 2. The lowest BCUT2D eigenvalue weighted by Gasteiger charge is -2.32. The number of piperidine rings is 1. The summed E-state index contributed by atoms with van der Waals surface area (Å²) in [6.07, 6.45) is -3.62. The molecule has 1 heterocycles. The molecule has 8 heteroatoms. The van der Waals surface area contributed by atoms with Crippen LogP contribution in [0, 0.1) is 11.7 Å². The number of halogens is 4. The normalized spacial score (nSPS) is 18.3. The van der Waals surface area contributed by atoms with Crippen molar-refractivity contribution in [3.63, 3.8) is 0 Å². The highest BCUT2D eigenvalue weighted by Gasteiger charge is 2.44. The van der Waals surface area contributed by atoms with Gasteiger partial charge in [0.1, 0.15) is 5.82 Å². The van der Waals surface area contributed by atoms with Crippen molar-refractivity contribution in [2.75, 3.05) is 19.6 Å². The zero-order valence-corrected chi connectivity index (χ0v) is 12.9. The Labute approximate surface area is 136 Å². The third kappa shape index (κ3) is 4.94. The molecular formula is C16H18F4N2O2. The fourth-order valence-corrected chi connectivity index (χ4v) is 2.68. The summed E-state index contributed by atoms with van der Waals surface area (Å²) in [5, 5.41) is 2.66. The molecule has 0 radical (unpaired) electrons. The fraction of sp³-hybridized carbons (Fsp3) is 0.500. The SMILES string of the molecule is O=C(NCCc1ccc(F)cc1)C1CCCN(C(=O)C(F)(F)F)C1. The second-order valence-corrected chi connectivity index (χ2v) is 5.76. The van der Waals surface area contributed by atoms with Crippen molar-refractivity contribution in [3.05, 3.63) is 35.6 Å². The molecule has 1 aliphatic rings. The predicted octanol–water partition coefficient (Wildman–Crippen LogP) is 2.29. The molecule has 0 aliphatic carbocycles. The van der Waals surface area contributed by atoms with Crippen LogP contribution >= 0.6 is 0 Å².